The van der Waals surface area contributed by atoms with E-state index in [0.717, 1.165) is 0 Å². The van der Waals surface area contributed by atoms with Crippen LogP contribution in [0.5, 0.6) is 5.75 Å². The molecule has 0 saturated carbocycles. The molecule has 0 bridgehead atoms. The van der Waals surface area contributed by atoms with Gasteiger partial charge in [0, 0.05) is 0 Å². The molecule has 0 saturated heterocycles. The van der Waals surface area contributed by atoms with E-state index >= 15 is 0 Å². The van der Waals surface area contributed by atoms with Crippen LogP contribution in [-0.4, -0.2) is 32.3 Å². The molecule has 2 atom stereocenters. The second kappa shape index (κ2) is 7.56. The molecule has 28 heavy (non-hydrogen) atoms. The first-order chi connectivity index (χ1) is 13.2. The molecule has 0 radical (unpaired) electrons. The number of carboxylic acid groups (broad SMARTS) is 1. The number of primary sulfonamides is 1. The highest BCUT2D eigenvalue weighted by molar-refractivity contribution is 7.89. The molecular weight excluding hydrogens is 391 g/mol. The number of benzene rings is 2. The summed E-state index contributed by atoms with van der Waals surface area (Å²) in [5.74, 6) is -2.28. The topological polar surface area (TPSA) is 128 Å². The van der Waals surface area contributed by atoms with Crippen molar-refractivity contribution >= 4 is 21.7 Å². The smallest absolute Gasteiger partial charge is 0.309 e. The van der Waals surface area contributed by atoms with Crippen molar-refractivity contribution in [2.24, 2.45) is 10.3 Å². The average Bonchev–Trinajstić information content (AvgIpc) is 3.03. The molecule has 0 aliphatic carbocycles. The number of carboxylic acids is 1. The minimum atomic E-state index is -3.87. The molecule has 0 aromatic heterocycles. The van der Waals surface area contributed by atoms with Gasteiger partial charge in [-0.1, -0.05) is 23.4 Å². The number of hydrogen-bond acceptors (Lipinski definition) is 6. The Kier molecular flexibility index (Phi) is 5.34. The Morgan fingerprint density at radius 1 is 1.25 bits per heavy atom. The number of hydrogen-bond donors (Lipinski definition) is 2. The van der Waals surface area contributed by atoms with Crippen LogP contribution in [0, 0.1) is 5.82 Å². The molecular formula is C18H17FN2O6S. The fraction of sp³-hybridized carbons (Fsp3) is 0.222. The van der Waals surface area contributed by atoms with E-state index < -0.39 is 33.8 Å². The summed E-state index contributed by atoms with van der Waals surface area (Å²) in [5.41, 5.74) is 1.23. The second-order valence-corrected chi connectivity index (χ2v) is 7.73. The number of carbonyl (C=O) groups is 1. The molecule has 10 heteroatoms. The van der Waals surface area contributed by atoms with E-state index in [-0.39, 0.29) is 22.8 Å². The minimum Gasteiger partial charge on any atom is -0.494 e. The van der Waals surface area contributed by atoms with Gasteiger partial charge in [0.1, 0.15) is 0 Å². The van der Waals surface area contributed by atoms with E-state index in [9.17, 15) is 17.6 Å². The Morgan fingerprint density at radius 2 is 1.89 bits per heavy atom. The Morgan fingerprint density at radius 3 is 2.43 bits per heavy atom. The van der Waals surface area contributed by atoms with Crippen LogP contribution in [0.4, 0.5) is 4.39 Å². The van der Waals surface area contributed by atoms with Crippen molar-refractivity contribution < 1.29 is 32.3 Å². The summed E-state index contributed by atoms with van der Waals surface area (Å²) in [4.78, 5) is 16.5. The fourth-order valence-electron chi connectivity index (χ4n) is 3.06. The maximum atomic E-state index is 14.1. The molecule has 3 rings (SSSR count). The Balaban J connectivity index is 2.01. The summed E-state index contributed by atoms with van der Waals surface area (Å²) < 4.78 is 41.9. The second-order valence-electron chi connectivity index (χ2n) is 6.16. The van der Waals surface area contributed by atoms with E-state index in [2.05, 4.69) is 5.16 Å². The fourth-order valence-corrected chi connectivity index (χ4v) is 3.57. The molecule has 8 nitrogen and oxygen atoms in total. The number of aliphatic carboxylic acids is 1. The van der Waals surface area contributed by atoms with Gasteiger partial charge in [0.2, 0.25) is 10.0 Å². The van der Waals surface area contributed by atoms with Crippen molar-refractivity contribution in [1.29, 1.82) is 0 Å². The van der Waals surface area contributed by atoms with Gasteiger partial charge >= 0.3 is 5.97 Å². The Bertz CT molecular complexity index is 1040. The van der Waals surface area contributed by atoms with Gasteiger partial charge in [-0.25, -0.2) is 17.9 Å². The van der Waals surface area contributed by atoms with Crippen molar-refractivity contribution in [3.63, 3.8) is 0 Å². The number of nitrogens with zero attached hydrogens (tertiary/aromatic N) is 1. The van der Waals surface area contributed by atoms with Gasteiger partial charge in [0.25, 0.3) is 0 Å². The maximum Gasteiger partial charge on any atom is 0.309 e. The van der Waals surface area contributed by atoms with Crippen LogP contribution in [0.1, 0.15) is 29.6 Å². The molecule has 0 amide bonds. The summed E-state index contributed by atoms with van der Waals surface area (Å²) in [6.07, 6.45) is -1.16. The zero-order chi connectivity index (χ0) is 20.5. The summed E-state index contributed by atoms with van der Waals surface area (Å²) in [7, 11) is -2.53. The molecule has 2 aromatic carbocycles. The number of rotatable bonds is 6. The first-order valence-electron chi connectivity index (χ1n) is 8.11. The third kappa shape index (κ3) is 3.97. The van der Waals surface area contributed by atoms with Gasteiger partial charge < -0.3 is 14.7 Å². The maximum absolute atomic E-state index is 14.1. The summed E-state index contributed by atoms with van der Waals surface area (Å²) >= 11 is 0. The van der Waals surface area contributed by atoms with Crippen molar-refractivity contribution in [2.75, 3.05) is 7.11 Å². The summed E-state index contributed by atoms with van der Waals surface area (Å²) in [6, 6.07) is 9.89. The summed E-state index contributed by atoms with van der Waals surface area (Å²) in [6.45, 7) is 0. The van der Waals surface area contributed by atoms with E-state index in [0.29, 0.717) is 11.1 Å². The molecule has 2 aromatic rings. The number of methoxy groups -OCH3 is 1. The number of nitrogens with two attached hydrogens (primary N) is 1. The third-order valence-electron chi connectivity index (χ3n) is 4.35. The van der Waals surface area contributed by atoms with Gasteiger partial charge in [0.05, 0.1) is 30.1 Å². The Hall–Kier alpha value is -2.98. The SMILES string of the molecule is COc1ccc(C2ON=C(CC(=O)O)C2c2ccc(S(N)(=O)=O)cc2)cc1F. The lowest BCUT2D eigenvalue weighted by molar-refractivity contribution is -0.135. The lowest BCUT2D eigenvalue weighted by Gasteiger charge is -2.20. The predicted octanol–water partition coefficient (Wildman–Crippen LogP) is 2.17. The van der Waals surface area contributed by atoms with Crippen molar-refractivity contribution in [2.45, 2.75) is 23.3 Å². The van der Waals surface area contributed by atoms with Crippen molar-refractivity contribution in [3.05, 3.63) is 59.4 Å². The molecule has 2 unspecified atom stereocenters. The zero-order valence-corrected chi connectivity index (χ0v) is 15.5. The first kappa shape index (κ1) is 19.8. The molecule has 148 valence electrons. The van der Waals surface area contributed by atoms with Gasteiger partial charge in [0.15, 0.2) is 17.7 Å². The van der Waals surface area contributed by atoms with E-state index in [1.807, 2.05) is 0 Å². The van der Waals surface area contributed by atoms with Crippen LogP contribution in [-0.2, 0) is 19.7 Å². The third-order valence-corrected chi connectivity index (χ3v) is 5.28. The number of halogens is 1. The van der Waals surface area contributed by atoms with Gasteiger partial charge in [-0.05, 0) is 35.4 Å². The highest BCUT2D eigenvalue weighted by Crippen LogP contribution is 2.41. The number of ether oxygens (including phenoxy) is 1. The van der Waals surface area contributed by atoms with Gasteiger partial charge in [-0.3, -0.25) is 4.79 Å². The molecule has 0 fully saturated rings. The number of oxime groups is 1. The highest BCUT2D eigenvalue weighted by atomic mass is 32.2. The predicted molar refractivity (Wildman–Crippen MR) is 97.0 cm³/mol. The molecule has 3 N–H and O–H groups in total. The number of sulfonamides is 1. The molecule has 0 spiro atoms. The van der Waals surface area contributed by atoms with Crippen LogP contribution in [0.2, 0.25) is 0 Å². The Labute approximate surface area is 160 Å². The van der Waals surface area contributed by atoms with Crippen LogP contribution in [0.15, 0.2) is 52.5 Å². The van der Waals surface area contributed by atoms with Crippen molar-refractivity contribution in [1.82, 2.24) is 0 Å². The minimum absolute atomic E-state index is 0.0579. The quantitative estimate of drug-likeness (QED) is 0.754. The zero-order valence-electron chi connectivity index (χ0n) is 14.7. The van der Waals surface area contributed by atoms with E-state index in [1.54, 1.807) is 6.07 Å². The molecule has 1 aliphatic rings. The summed E-state index contributed by atoms with van der Waals surface area (Å²) in [5, 5.41) is 18.1. The van der Waals surface area contributed by atoms with Crippen LogP contribution >= 0.6 is 0 Å². The van der Waals surface area contributed by atoms with Crippen molar-refractivity contribution in [3.8, 4) is 5.75 Å². The van der Waals surface area contributed by atoms with E-state index in [4.69, 9.17) is 19.8 Å². The van der Waals surface area contributed by atoms with Crippen LogP contribution in [0.25, 0.3) is 0 Å². The lowest BCUT2D eigenvalue weighted by Crippen LogP contribution is -2.19. The first-order valence-corrected chi connectivity index (χ1v) is 9.66. The van der Waals surface area contributed by atoms with Gasteiger partial charge in [-0.15, -0.1) is 0 Å². The average molecular weight is 408 g/mol. The molecule has 1 aliphatic heterocycles. The van der Waals surface area contributed by atoms with E-state index in [1.165, 1.54) is 43.5 Å². The standard InChI is InChI=1S/C18H17FN2O6S/c1-26-15-7-4-11(8-13(15)19)18-17(14(21-27-18)9-16(22)23)10-2-5-12(6-3-10)28(20,24)25/h2-8,17-18H,9H2,1H3,(H,22,23)(H2,20,24,25). The highest BCUT2D eigenvalue weighted by Gasteiger charge is 2.38. The van der Waals surface area contributed by atoms with Crippen LogP contribution in [0.3, 0.4) is 0 Å². The van der Waals surface area contributed by atoms with Crippen LogP contribution < -0.4 is 9.88 Å². The monoisotopic (exact) mass is 408 g/mol. The largest absolute Gasteiger partial charge is 0.494 e. The van der Waals surface area contributed by atoms with Gasteiger partial charge in [-0.2, -0.15) is 0 Å². The normalized spacial score (nSPS) is 19.0. The molecule has 1 heterocycles. The lowest BCUT2D eigenvalue weighted by atomic mass is 9.85.